The standard InChI is InChI=1S/C22H17N3O3S/c23-29(27,28)20-12-10-19(11-13-20)25-22(26)15-14-21(24-25)18-8-6-17(7-9-18)16-4-2-1-3-5-16/h1-15H,(H2,23,27,28). The molecule has 1 aromatic heterocycles. The molecule has 2 N–H and O–H groups in total. The average Bonchev–Trinajstić information content (AvgIpc) is 2.74. The second-order valence-electron chi connectivity index (χ2n) is 6.45. The zero-order valence-electron chi connectivity index (χ0n) is 15.3. The Balaban J connectivity index is 1.69. The monoisotopic (exact) mass is 403 g/mol. The smallest absolute Gasteiger partial charge is 0.267 e. The molecule has 7 heteroatoms. The van der Waals surface area contributed by atoms with Gasteiger partial charge < -0.3 is 0 Å². The maximum Gasteiger partial charge on any atom is 0.271 e. The van der Waals surface area contributed by atoms with Gasteiger partial charge in [-0.25, -0.2) is 13.6 Å². The third-order valence-electron chi connectivity index (χ3n) is 4.50. The molecule has 4 aromatic rings. The predicted octanol–water partition coefficient (Wildman–Crippen LogP) is 3.21. The van der Waals surface area contributed by atoms with Gasteiger partial charge in [-0.2, -0.15) is 9.78 Å². The Bertz CT molecular complexity index is 1310. The Hall–Kier alpha value is -3.55. The van der Waals surface area contributed by atoms with E-state index in [1.165, 1.54) is 35.0 Å². The summed E-state index contributed by atoms with van der Waals surface area (Å²) in [6, 6.07) is 26.7. The molecule has 0 aliphatic rings. The van der Waals surface area contributed by atoms with Crippen LogP contribution in [-0.4, -0.2) is 18.2 Å². The minimum absolute atomic E-state index is 0.0260. The summed E-state index contributed by atoms with van der Waals surface area (Å²) in [5.74, 6) is 0. The van der Waals surface area contributed by atoms with Crippen LogP contribution in [0.2, 0.25) is 0 Å². The highest BCUT2D eigenvalue weighted by atomic mass is 32.2. The lowest BCUT2D eigenvalue weighted by atomic mass is 10.0. The average molecular weight is 403 g/mol. The van der Waals surface area contributed by atoms with E-state index < -0.39 is 10.0 Å². The molecule has 0 fully saturated rings. The molecule has 4 rings (SSSR count). The lowest BCUT2D eigenvalue weighted by Crippen LogP contribution is -2.20. The number of rotatable bonds is 4. The first-order valence-electron chi connectivity index (χ1n) is 8.81. The molecule has 0 atom stereocenters. The number of primary sulfonamides is 1. The van der Waals surface area contributed by atoms with Crippen molar-refractivity contribution in [3.63, 3.8) is 0 Å². The molecule has 0 amide bonds. The summed E-state index contributed by atoms with van der Waals surface area (Å²) in [7, 11) is -3.80. The zero-order valence-corrected chi connectivity index (χ0v) is 16.1. The van der Waals surface area contributed by atoms with E-state index in [0.717, 1.165) is 16.7 Å². The molecule has 3 aromatic carbocycles. The first kappa shape index (κ1) is 18.8. The van der Waals surface area contributed by atoms with Crippen LogP contribution >= 0.6 is 0 Å². The Labute approximate surface area is 167 Å². The molecule has 0 unspecified atom stereocenters. The van der Waals surface area contributed by atoms with Gasteiger partial charge in [-0.15, -0.1) is 0 Å². The predicted molar refractivity (Wildman–Crippen MR) is 112 cm³/mol. The van der Waals surface area contributed by atoms with E-state index in [2.05, 4.69) is 5.10 Å². The van der Waals surface area contributed by atoms with Gasteiger partial charge in [-0.1, -0.05) is 54.6 Å². The van der Waals surface area contributed by atoms with E-state index >= 15 is 0 Å². The highest BCUT2D eigenvalue weighted by molar-refractivity contribution is 7.89. The van der Waals surface area contributed by atoms with Crippen LogP contribution in [0.15, 0.2) is 101 Å². The molecule has 0 bridgehead atoms. The molecule has 0 aliphatic carbocycles. The molecule has 0 spiro atoms. The molecular formula is C22H17N3O3S. The Morgan fingerprint density at radius 3 is 1.90 bits per heavy atom. The fraction of sp³-hybridized carbons (Fsp3) is 0. The van der Waals surface area contributed by atoms with Crippen molar-refractivity contribution in [3.8, 4) is 28.1 Å². The van der Waals surface area contributed by atoms with Gasteiger partial charge in [0.2, 0.25) is 10.0 Å². The van der Waals surface area contributed by atoms with Crippen LogP contribution in [0.1, 0.15) is 0 Å². The van der Waals surface area contributed by atoms with E-state index in [4.69, 9.17) is 5.14 Å². The maximum atomic E-state index is 12.3. The van der Waals surface area contributed by atoms with E-state index in [1.54, 1.807) is 6.07 Å². The van der Waals surface area contributed by atoms with Crippen molar-refractivity contribution in [2.75, 3.05) is 0 Å². The number of hydrogen-bond acceptors (Lipinski definition) is 4. The fourth-order valence-electron chi connectivity index (χ4n) is 2.99. The summed E-state index contributed by atoms with van der Waals surface area (Å²) in [6.45, 7) is 0. The normalized spacial score (nSPS) is 11.3. The number of nitrogens with zero attached hydrogens (tertiary/aromatic N) is 2. The van der Waals surface area contributed by atoms with Crippen molar-refractivity contribution in [2.24, 2.45) is 5.14 Å². The van der Waals surface area contributed by atoms with E-state index in [-0.39, 0.29) is 10.5 Å². The molecule has 0 radical (unpaired) electrons. The molecule has 0 aliphatic heterocycles. The fourth-order valence-corrected chi connectivity index (χ4v) is 3.51. The number of benzene rings is 3. The van der Waals surface area contributed by atoms with Crippen LogP contribution in [0, 0.1) is 0 Å². The Morgan fingerprint density at radius 1 is 0.690 bits per heavy atom. The second-order valence-corrected chi connectivity index (χ2v) is 8.01. The maximum absolute atomic E-state index is 12.3. The summed E-state index contributed by atoms with van der Waals surface area (Å²) >= 11 is 0. The van der Waals surface area contributed by atoms with E-state index in [1.807, 2.05) is 54.6 Å². The molecular weight excluding hydrogens is 386 g/mol. The molecule has 1 heterocycles. The van der Waals surface area contributed by atoms with Gasteiger partial charge in [0.25, 0.3) is 5.56 Å². The first-order chi connectivity index (χ1) is 13.9. The lowest BCUT2D eigenvalue weighted by Gasteiger charge is -2.09. The van der Waals surface area contributed by atoms with Crippen molar-refractivity contribution in [3.05, 3.63) is 101 Å². The van der Waals surface area contributed by atoms with Crippen LogP contribution < -0.4 is 10.7 Å². The highest BCUT2D eigenvalue weighted by Gasteiger charge is 2.10. The highest BCUT2D eigenvalue weighted by Crippen LogP contribution is 2.23. The van der Waals surface area contributed by atoms with Gasteiger partial charge in [0.15, 0.2) is 0 Å². The summed E-state index contributed by atoms with van der Waals surface area (Å²) in [6.07, 6.45) is 0. The van der Waals surface area contributed by atoms with Crippen molar-refractivity contribution < 1.29 is 8.42 Å². The van der Waals surface area contributed by atoms with Gasteiger partial charge in [0.05, 0.1) is 16.3 Å². The third kappa shape index (κ3) is 4.01. The minimum atomic E-state index is -3.80. The van der Waals surface area contributed by atoms with Crippen molar-refractivity contribution in [1.82, 2.24) is 9.78 Å². The van der Waals surface area contributed by atoms with E-state index in [9.17, 15) is 13.2 Å². The van der Waals surface area contributed by atoms with Gasteiger partial charge >= 0.3 is 0 Å². The van der Waals surface area contributed by atoms with Gasteiger partial charge in [-0.05, 0) is 41.5 Å². The molecule has 144 valence electrons. The van der Waals surface area contributed by atoms with Crippen LogP contribution in [0.25, 0.3) is 28.1 Å². The van der Waals surface area contributed by atoms with Gasteiger partial charge in [0, 0.05) is 11.6 Å². The number of hydrogen-bond donors (Lipinski definition) is 1. The Kier molecular flexibility index (Phi) is 4.84. The molecule has 0 saturated heterocycles. The summed E-state index contributed by atoms with van der Waals surface area (Å²) < 4.78 is 24.1. The lowest BCUT2D eigenvalue weighted by molar-refractivity contribution is 0.597. The molecule has 0 saturated carbocycles. The largest absolute Gasteiger partial charge is 0.271 e. The summed E-state index contributed by atoms with van der Waals surface area (Å²) in [4.78, 5) is 12.3. The van der Waals surface area contributed by atoms with Crippen molar-refractivity contribution in [1.29, 1.82) is 0 Å². The van der Waals surface area contributed by atoms with Crippen LogP contribution in [0.5, 0.6) is 0 Å². The summed E-state index contributed by atoms with van der Waals surface area (Å²) in [5.41, 5.74) is 3.82. The quantitative estimate of drug-likeness (QED) is 0.566. The SMILES string of the molecule is NS(=O)(=O)c1ccc(-n2nc(-c3ccc(-c4ccccc4)cc3)ccc2=O)cc1. The number of aromatic nitrogens is 2. The number of nitrogens with two attached hydrogens (primary N) is 1. The molecule has 29 heavy (non-hydrogen) atoms. The van der Waals surface area contributed by atoms with E-state index in [0.29, 0.717) is 11.4 Å². The van der Waals surface area contributed by atoms with Crippen LogP contribution in [-0.2, 0) is 10.0 Å². The van der Waals surface area contributed by atoms with Crippen molar-refractivity contribution in [2.45, 2.75) is 4.90 Å². The third-order valence-corrected chi connectivity index (χ3v) is 5.43. The topological polar surface area (TPSA) is 95.1 Å². The zero-order chi connectivity index (χ0) is 20.4. The van der Waals surface area contributed by atoms with Crippen molar-refractivity contribution >= 4 is 10.0 Å². The minimum Gasteiger partial charge on any atom is -0.267 e. The van der Waals surface area contributed by atoms with Crippen LogP contribution in [0.3, 0.4) is 0 Å². The van der Waals surface area contributed by atoms with Gasteiger partial charge in [0.1, 0.15) is 0 Å². The molecule has 6 nitrogen and oxygen atoms in total. The first-order valence-corrected chi connectivity index (χ1v) is 10.4. The Morgan fingerprint density at radius 2 is 1.28 bits per heavy atom. The second kappa shape index (κ2) is 7.46. The summed E-state index contributed by atoms with van der Waals surface area (Å²) in [5, 5.41) is 9.55. The van der Waals surface area contributed by atoms with Crippen LogP contribution in [0.4, 0.5) is 0 Å². The van der Waals surface area contributed by atoms with Gasteiger partial charge in [-0.3, -0.25) is 4.79 Å². The number of sulfonamides is 1.